The summed E-state index contributed by atoms with van der Waals surface area (Å²) in [5.41, 5.74) is 6.94. The van der Waals surface area contributed by atoms with Crippen molar-refractivity contribution in [2.75, 3.05) is 25.4 Å². The molecule has 1 aromatic carbocycles. The molecule has 1 saturated heterocycles. The number of carbonyl (C=O) groups is 1. The van der Waals surface area contributed by atoms with Crippen molar-refractivity contribution in [3.05, 3.63) is 23.8 Å². The van der Waals surface area contributed by atoms with E-state index in [1.54, 1.807) is 17.9 Å². The Hall–Kier alpha value is -1.60. The van der Waals surface area contributed by atoms with Crippen molar-refractivity contribution < 1.29 is 13.2 Å². The molecule has 1 fully saturated rings. The van der Waals surface area contributed by atoms with Crippen molar-refractivity contribution in [1.82, 2.24) is 9.62 Å². The number of nitrogens with two attached hydrogens (primary N) is 1. The number of likely N-dealkylation sites (tertiary alicyclic amines) is 1. The van der Waals surface area contributed by atoms with Gasteiger partial charge in [-0.25, -0.2) is 13.1 Å². The van der Waals surface area contributed by atoms with Crippen LogP contribution in [0.2, 0.25) is 0 Å². The number of nitrogens with one attached hydrogen (secondary N) is 1. The number of sulfonamides is 1. The van der Waals surface area contributed by atoms with Gasteiger partial charge < -0.3 is 10.6 Å². The molecule has 6 nitrogen and oxygen atoms in total. The second kappa shape index (κ2) is 6.44. The van der Waals surface area contributed by atoms with Crippen molar-refractivity contribution in [1.29, 1.82) is 0 Å². The van der Waals surface area contributed by atoms with Crippen LogP contribution in [0.15, 0.2) is 23.1 Å². The molecule has 0 spiro atoms. The highest BCUT2D eigenvalue weighted by Gasteiger charge is 2.19. The molecule has 1 heterocycles. The predicted molar refractivity (Wildman–Crippen MR) is 81.2 cm³/mol. The third-order valence-corrected chi connectivity index (χ3v) is 5.10. The van der Waals surface area contributed by atoms with E-state index in [0.29, 0.717) is 11.3 Å². The summed E-state index contributed by atoms with van der Waals surface area (Å²) >= 11 is 0. The van der Waals surface area contributed by atoms with Crippen LogP contribution in [0.25, 0.3) is 0 Å². The molecule has 0 atom stereocenters. The predicted octanol–water partition coefficient (Wildman–Crippen LogP) is 0.868. The fourth-order valence-electron chi connectivity index (χ4n) is 2.32. The molecule has 7 heteroatoms. The quantitative estimate of drug-likeness (QED) is 0.789. The molecule has 1 aliphatic rings. The Balaban J connectivity index is 1.91. The van der Waals surface area contributed by atoms with E-state index in [0.717, 1.165) is 25.9 Å². The normalized spacial score (nSPS) is 15.4. The Labute approximate surface area is 125 Å². The van der Waals surface area contributed by atoms with E-state index in [1.807, 2.05) is 0 Å². The van der Waals surface area contributed by atoms with Gasteiger partial charge in [0.2, 0.25) is 15.9 Å². The molecular formula is C14H21N3O3S. The van der Waals surface area contributed by atoms with Crippen LogP contribution in [0, 0.1) is 6.92 Å². The minimum absolute atomic E-state index is 0.00341. The molecule has 21 heavy (non-hydrogen) atoms. The van der Waals surface area contributed by atoms with E-state index >= 15 is 0 Å². The van der Waals surface area contributed by atoms with Gasteiger partial charge in [-0.05, 0) is 43.5 Å². The Bertz CT molecular complexity index is 622. The van der Waals surface area contributed by atoms with Gasteiger partial charge in [0.15, 0.2) is 0 Å². The van der Waals surface area contributed by atoms with Gasteiger partial charge in [0, 0.05) is 31.7 Å². The molecule has 0 saturated carbocycles. The van der Waals surface area contributed by atoms with Crippen molar-refractivity contribution in [3.8, 4) is 0 Å². The Morgan fingerprint density at radius 3 is 2.62 bits per heavy atom. The third-order valence-electron chi connectivity index (χ3n) is 3.64. The maximum Gasteiger partial charge on any atom is 0.240 e. The largest absolute Gasteiger partial charge is 0.399 e. The zero-order valence-electron chi connectivity index (χ0n) is 12.1. The van der Waals surface area contributed by atoms with Crippen LogP contribution in [-0.4, -0.2) is 38.9 Å². The number of amides is 1. The Morgan fingerprint density at radius 2 is 2.00 bits per heavy atom. The van der Waals surface area contributed by atoms with Crippen molar-refractivity contribution >= 4 is 21.6 Å². The lowest BCUT2D eigenvalue weighted by Crippen LogP contribution is -2.32. The maximum atomic E-state index is 12.1. The summed E-state index contributed by atoms with van der Waals surface area (Å²) < 4.78 is 26.7. The van der Waals surface area contributed by atoms with Gasteiger partial charge in [-0.15, -0.1) is 0 Å². The van der Waals surface area contributed by atoms with Gasteiger partial charge in [-0.3, -0.25) is 4.79 Å². The molecule has 0 radical (unpaired) electrons. The first-order valence-electron chi connectivity index (χ1n) is 7.04. The number of hydrogen-bond acceptors (Lipinski definition) is 4. The summed E-state index contributed by atoms with van der Waals surface area (Å²) in [6, 6.07) is 4.56. The standard InChI is InChI=1S/C14H21N3O3S/c1-11-10-12(4-5-13(11)15)21(19,20)16-7-6-14(18)17-8-2-3-9-17/h4-5,10,16H,2-3,6-9,15H2,1H3. The average molecular weight is 311 g/mol. The van der Waals surface area contributed by atoms with Gasteiger partial charge >= 0.3 is 0 Å². The molecule has 0 aromatic heterocycles. The topological polar surface area (TPSA) is 92.5 Å². The van der Waals surface area contributed by atoms with Crippen LogP contribution in [-0.2, 0) is 14.8 Å². The zero-order valence-corrected chi connectivity index (χ0v) is 12.9. The first-order chi connectivity index (χ1) is 9.90. The lowest BCUT2D eigenvalue weighted by atomic mass is 10.2. The second-order valence-corrected chi connectivity index (χ2v) is 7.02. The third kappa shape index (κ3) is 3.95. The van der Waals surface area contributed by atoms with Crippen LogP contribution in [0.4, 0.5) is 5.69 Å². The van der Waals surface area contributed by atoms with Crippen molar-refractivity contribution in [2.24, 2.45) is 0 Å². The smallest absolute Gasteiger partial charge is 0.240 e. The summed E-state index contributed by atoms with van der Waals surface area (Å²) in [4.78, 5) is 13.8. The monoisotopic (exact) mass is 311 g/mol. The fraction of sp³-hybridized carbons (Fsp3) is 0.500. The van der Waals surface area contributed by atoms with Crippen LogP contribution in [0.3, 0.4) is 0 Å². The van der Waals surface area contributed by atoms with Crippen LogP contribution in [0.1, 0.15) is 24.8 Å². The summed E-state index contributed by atoms with van der Waals surface area (Å²) in [5, 5.41) is 0. The molecule has 0 unspecified atom stereocenters. The van der Waals surface area contributed by atoms with E-state index in [4.69, 9.17) is 5.73 Å². The number of nitrogens with zero attached hydrogens (tertiary/aromatic N) is 1. The SMILES string of the molecule is Cc1cc(S(=O)(=O)NCCC(=O)N2CCCC2)ccc1N. The van der Waals surface area contributed by atoms with E-state index in [2.05, 4.69) is 4.72 Å². The van der Waals surface area contributed by atoms with Crippen molar-refractivity contribution in [3.63, 3.8) is 0 Å². The van der Waals surface area contributed by atoms with Crippen LogP contribution in [0.5, 0.6) is 0 Å². The number of nitrogen functional groups attached to an aromatic ring is 1. The van der Waals surface area contributed by atoms with Crippen LogP contribution >= 0.6 is 0 Å². The minimum Gasteiger partial charge on any atom is -0.399 e. The summed E-state index contributed by atoms with van der Waals surface area (Å²) in [7, 11) is -3.60. The average Bonchev–Trinajstić information content (AvgIpc) is 2.95. The highest BCUT2D eigenvalue weighted by molar-refractivity contribution is 7.89. The first-order valence-corrected chi connectivity index (χ1v) is 8.52. The summed E-state index contributed by atoms with van der Waals surface area (Å²) in [6.45, 7) is 3.43. The number of anilines is 1. The Kier molecular flexibility index (Phi) is 4.84. The van der Waals surface area contributed by atoms with E-state index in [-0.39, 0.29) is 23.8 Å². The lowest BCUT2D eigenvalue weighted by molar-refractivity contribution is -0.129. The van der Waals surface area contributed by atoms with E-state index in [1.165, 1.54) is 12.1 Å². The number of hydrogen-bond donors (Lipinski definition) is 2. The highest BCUT2D eigenvalue weighted by Crippen LogP contribution is 2.16. The van der Waals surface area contributed by atoms with Gasteiger partial charge in [-0.1, -0.05) is 0 Å². The molecule has 3 N–H and O–H groups in total. The van der Waals surface area contributed by atoms with Crippen LogP contribution < -0.4 is 10.5 Å². The molecule has 1 aromatic rings. The van der Waals surface area contributed by atoms with Gasteiger partial charge in [0.25, 0.3) is 0 Å². The minimum atomic E-state index is -3.60. The zero-order chi connectivity index (χ0) is 15.5. The van der Waals surface area contributed by atoms with Gasteiger partial charge in [0.1, 0.15) is 0 Å². The molecule has 1 aliphatic heterocycles. The van der Waals surface area contributed by atoms with Gasteiger partial charge in [0.05, 0.1) is 4.90 Å². The molecule has 0 bridgehead atoms. The maximum absolute atomic E-state index is 12.1. The second-order valence-electron chi connectivity index (χ2n) is 5.25. The number of benzene rings is 1. The van der Waals surface area contributed by atoms with Gasteiger partial charge in [-0.2, -0.15) is 0 Å². The molecule has 116 valence electrons. The molecule has 1 amide bonds. The highest BCUT2D eigenvalue weighted by atomic mass is 32.2. The first kappa shape index (κ1) is 15.8. The number of rotatable bonds is 5. The Morgan fingerprint density at radius 1 is 1.33 bits per heavy atom. The molecule has 2 rings (SSSR count). The lowest BCUT2D eigenvalue weighted by Gasteiger charge is -2.15. The number of aryl methyl sites for hydroxylation is 1. The molecule has 0 aliphatic carbocycles. The van der Waals surface area contributed by atoms with E-state index in [9.17, 15) is 13.2 Å². The summed E-state index contributed by atoms with van der Waals surface area (Å²) in [5.74, 6) is 0.00341. The molecular weight excluding hydrogens is 290 g/mol. The van der Waals surface area contributed by atoms with Crippen molar-refractivity contribution in [2.45, 2.75) is 31.1 Å². The number of carbonyl (C=O) groups excluding carboxylic acids is 1. The van der Waals surface area contributed by atoms with E-state index < -0.39 is 10.0 Å². The fourth-order valence-corrected chi connectivity index (χ4v) is 3.43. The summed E-state index contributed by atoms with van der Waals surface area (Å²) in [6.07, 6.45) is 2.25.